The van der Waals surface area contributed by atoms with Crippen molar-refractivity contribution >= 4 is 11.8 Å². The van der Waals surface area contributed by atoms with Crippen molar-refractivity contribution in [3.05, 3.63) is 0 Å². The Kier molecular flexibility index (Phi) is 7.85. The van der Waals surface area contributed by atoms with E-state index in [9.17, 15) is 30.6 Å². The molecule has 0 aliphatic carbocycles. The lowest BCUT2D eigenvalue weighted by atomic mass is 10.0. The Morgan fingerprint density at radius 3 is 1.36 bits per heavy atom. The van der Waals surface area contributed by atoms with E-state index in [0.717, 1.165) is 11.8 Å². The van der Waals surface area contributed by atoms with Crippen molar-refractivity contribution in [3.8, 4) is 0 Å². The molecule has 0 radical (unpaired) electrons. The first-order valence-electron chi connectivity index (χ1n) is 7.85. The van der Waals surface area contributed by atoms with E-state index in [1.807, 2.05) is 0 Å². The van der Waals surface area contributed by atoms with Crippen molar-refractivity contribution in [1.29, 1.82) is 0 Å². The van der Waals surface area contributed by atoms with Crippen LogP contribution in [-0.2, 0) is 18.9 Å². The molecule has 2 aliphatic rings. The highest BCUT2D eigenvalue weighted by molar-refractivity contribution is 8.00. The van der Waals surface area contributed by atoms with E-state index in [1.54, 1.807) is 0 Å². The van der Waals surface area contributed by atoms with Gasteiger partial charge in [0.05, 0.1) is 35.9 Å². The Bertz CT molecular complexity index is 347. The normalized spacial score (nSPS) is 48.5. The smallest absolute Gasteiger partial charge is 0.184 e. The van der Waals surface area contributed by atoms with Gasteiger partial charge in [0.25, 0.3) is 0 Å². The predicted octanol–water partition coefficient (Wildman–Crippen LogP) is -3.37. The zero-order valence-corrected chi connectivity index (χ0v) is 14.7. The van der Waals surface area contributed by atoms with Gasteiger partial charge in [-0.3, -0.25) is 0 Å². The third-order valence-electron chi connectivity index (χ3n) is 4.42. The van der Waals surface area contributed by atoms with E-state index >= 15 is 0 Å². The summed E-state index contributed by atoms with van der Waals surface area (Å²) >= 11 is 0.908. The lowest BCUT2D eigenvalue weighted by molar-refractivity contribution is -0.262. The van der Waals surface area contributed by atoms with Gasteiger partial charge in [0, 0.05) is 14.2 Å². The molecular weight excluding hydrogens is 360 g/mol. The molecule has 25 heavy (non-hydrogen) atoms. The van der Waals surface area contributed by atoms with E-state index in [-0.39, 0.29) is 0 Å². The molecule has 2 saturated heterocycles. The van der Waals surface area contributed by atoms with E-state index in [2.05, 4.69) is 0 Å². The fourth-order valence-corrected chi connectivity index (χ4v) is 4.61. The van der Waals surface area contributed by atoms with Gasteiger partial charge in [-0.05, 0) is 0 Å². The van der Waals surface area contributed by atoms with Crippen LogP contribution in [0.3, 0.4) is 0 Å². The van der Waals surface area contributed by atoms with Crippen LogP contribution < -0.4 is 0 Å². The molecule has 0 saturated carbocycles. The van der Waals surface area contributed by atoms with Crippen LogP contribution in [0.5, 0.6) is 0 Å². The highest BCUT2D eigenvalue weighted by Crippen LogP contribution is 2.38. The maximum absolute atomic E-state index is 10.4. The fraction of sp³-hybridized carbons (Fsp3) is 1.00. The summed E-state index contributed by atoms with van der Waals surface area (Å²) in [6.45, 7) is -0.993. The number of ether oxygens (including phenoxy) is 4. The lowest BCUT2D eigenvalue weighted by Crippen LogP contribution is -2.62. The van der Waals surface area contributed by atoms with Gasteiger partial charge >= 0.3 is 0 Å². The lowest BCUT2D eigenvalue weighted by Gasteiger charge is -2.46. The first kappa shape index (κ1) is 21.3. The van der Waals surface area contributed by atoms with Crippen LogP contribution in [0.25, 0.3) is 0 Å². The fourth-order valence-electron chi connectivity index (χ4n) is 3.00. The standard InChI is InChI=1S/C14H26O10S/c1-21-13-9(19)11(7(17)5(3-15)23-13)25-12-8(18)6(4-16)24-14(22-2)10(12)20/h5-20H,3-4H2,1-2H3/t5-,6-,7-,8-,9-,10-,11+,12+,13+,14+/m1/s1. The molecule has 2 rings (SSSR count). The molecule has 2 heterocycles. The monoisotopic (exact) mass is 386 g/mol. The van der Waals surface area contributed by atoms with Gasteiger partial charge in [0.1, 0.15) is 24.4 Å². The second kappa shape index (κ2) is 9.24. The summed E-state index contributed by atoms with van der Waals surface area (Å²) in [7, 11) is 2.62. The van der Waals surface area contributed by atoms with Crippen molar-refractivity contribution in [2.75, 3.05) is 27.4 Å². The largest absolute Gasteiger partial charge is 0.394 e. The molecule has 11 heteroatoms. The molecule has 2 fully saturated rings. The molecule has 0 unspecified atom stereocenters. The van der Waals surface area contributed by atoms with E-state index in [0.29, 0.717) is 0 Å². The Hall–Kier alpha value is -0.0500. The Morgan fingerprint density at radius 1 is 0.720 bits per heavy atom. The number of aliphatic hydroxyl groups is 6. The van der Waals surface area contributed by atoms with Crippen LogP contribution in [0.15, 0.2) is 0 Å². The molecule has 2 aliphatic heterocycles. The summed E-state index contributed by atoms with van der Waals surface area (Å²) < 4.78 is 20.6. The van der Waals surface area contributed by atoms with Crippen molar-refractivity contribution in [2.24, 2.45) is 0 Å². The molecule has 0 amide bonds. The number of hydrogen-bond acceptors (Lipinski definition) is 11. The average molecular weight is 386 g/mol. The predicted molar refractivity (Wildman–Crippen MR) is 84.7 cm³/mol. The minimum absolute atomic E-state index is 0.496. The van der Waals surface area contributed by atoms with Gasteiger partial charge < -0.3 is 49.6 Å². The minimum atomic E-state index is -1.27. The maximum atomic E-state index is 10.4. The zero-order chi connectivity index (χ0) is 18.7. The van der Waals surface area contributed by atoms with Crippen LogP contribution >= 0.6 is 11.8 Å². The number of rotatable bonds is 6. The van der Waals surface area contributed by atoms with Gasteiger partial charge in [-0.15, -0.1) is 11.8 Å². The van der Waals surface area contributed by atoms with Crippen LogP contribution in [-0.4, -0.2) is 118 Å². The number of methoxy groups -OCH3 is 2. The third kappa shape index (κ3) is 4.28. The SMILES string of the molecule is CO[C@H]1O[C@H](CO)[C@@H](O)[C@H](S[C@@H]2[C@@H](O)[C@@H](OC)O[C@H](CO)[C@H]2O)[C@H]1O. The second-order valence-electron chi connectivity index (χ2n) is 5.95. The van der Waals surface area contributed by atoms with Crippen LogP contribution in [0, 0.1) is 0 Å². The Balaban J connectivity index is 2.20. The van der Waals surface area contributed by atoms with Crippen LogP contribution in [0.2, 0.25) is 0 Å². The van der Waals surface area contributed by atoms with E-state index in [1.165, 1.54) is 14.2 Å². The van der Waals surface area contributed by atoms with Gasteiger partial charge in [-0.25, -0.2) is 0 Å². The molecule has 0 aromatic rings. The maximum Gasteiger partial charge on any atom is 0.184 e. The van der Waals surface area contributed by atoms with Crippen molar-refractivity contribution in [1.82, 2.24) is 0 Å². The van der Waals surface area contributed by atoms with Crippen molar-refractivity contribution in [3.63, 3.8) is 0 Å². The summed E-state index contributed by atoms with van der Waals surface area (Å²) in [5, 5.41) is 58.3. The Morgan fingerprint density at radius 2 is 1.08 bits per heavy atom. The summed E-state index contributed by atoms with van der Waals surface area (Å²) in [6, 6.07) is 0. The van der Waals surface area contributed by atoms with Crippen molar-refractivity contribution < 1.29 is 49.6 Å². The highest BCUT2D eigenvalue weighted by Gasteiger charge is 2.51. The Labute approximate surface area is 149 Å². The highest BCUT2D eigenvalue weighted by atomic mass is 32.2. The van der Waals surface area contributed by atoms with Gasteiger partial charge in [-0.2, -0.15) is 0 Å². The van der Waals surface area contributed by atoms with Crippen molar-refractivity contribution in [2.45, 2.75) is 59.7 Å². The summed E-state index contributed by atoms with van der Waals surface area (Å²) in [6.07, 6.45) is -9.25. The molecule has 148 valence electrons. The number of thioether (sulfide) groups is 1. The molecule has 0 spiro atoms. The molecule has 10 nitrogen and oxygen atoms in total. The zero-order valence-electron chi connectivity index (χ0n) is 13.9. The summed E-state index contributed by atoms with van der Waals surface area (Å²) in [5.41, 5.74) is 0. The van der Waals surface area contributed by atoms with Crippen LogP contribution in [0.4, 0.5) is 0 Å². The molecule has 0 aromatic carbocycles. The minimum Gasteiger partial charge on any atom is -0.394 e. The molecule has 0 aromatic heterocycles. The average Bonchev–Trinajstić information content (AvgIpc) is 2.61. The second-order valence-corrected chi connectivity index (χ2v) is 7.31. The topological polar surface area (TPSA) is 158 Å². The molecule has 10 atom stereocenters. The molecule has 6 N–H and O–H groups in total. The molecular formula is C14H26O10S. The van der Waals surface area contributed by atoms with E-state index in [4.69, 9.17) is 18.9 Å². The van der Waals surface area contributed by atoms with Gasteiger partial charge in [0.2, 0.25) is 0 Å². The summed E-state index contributed by atoms with van der Waals surface area (Å²) in [5.74, 6) is 0. The first-order chi connectivity index (χ1) is 11.9. The summed E-state index contributed by atoms with van der Waals surface area (Å²) in [4.78, 5) is 0. The third-order valence-corrected chi connectivity index (χ3v) is 6.17. The number of aliphatic hydroxyl groups excluding tert-OH is 6. The van der Waals surface area contributed by atoms with E-state index < -0.39 is 72.9 Å². The molecule has 0 bridgehead atoms. The van der Waals surface area contributed by atoms with Gasteiger partial charge in [0.15, 0.2) is 12.6 Å². The quantitative estimate of drug-likeness (QED) is 0.271. The number of hydrogen-bond donors (Lipinski definition) is 6. The first-order valence-corrected chi connectivity index (χ1v) is 8.79. The van der Waals surface area contributed by atoms with Gasteiger partial charge in [-0.1, -0.05) is 0 Å². The van der Waals surface area contributed by atoms with Crippen LogP contribution in [0.1, 0.15) is 0 Å².